The van der Waals surface area contributed by atoms with Crippen LogP contribution < -0.4 is 4.74 Å². The monoisotopic (exact) mass is 272 g/mol. The molecule has 1 aromatic heterocycles. The third kappa shape index (κ3) is 2.05. The number of aromatic nitrogens is 2. The van der Waals surface area contributed by atoms with Gasteiger partial charge in [0.15, 0.2) is 5.75 Å². The summed E-state index contributed by atoms with van der Waals surface area (Å²) >= 11 is 3.69. The fraction of sp³-hybridized carbons (Fsp3) is 0.727. The minimum Gasteiger partial charge on any atom is -0.493 e. The molecule has 1 aliphatic rings. The molecule has 1 saturated carbocycles. The van der Waals surface area contributed by atoms with E-state index >= 15 is 0 Å². The Bertz CT molecular complexity index is 316. The Morgan fingerprint density at radius 3 is 2.93 bits per heavy atom. The van der Waals surface area contributed by atoms with Gasteiger partial charge in [-0.2, -0.15) is 5.10 Å². The molecule has 0 amide bonds. The molecule has 0 saturated heterocycles. The molecule has 0 radical (unpaired) electrons. The third-order valence-corrected chi connectivity index (χ3v) is 3.95. The lowest BCUT2D eigenvalue weighted by molar-refractivity contribution is 0.401. The highest BCUT2D eigenvalue weighted by Gasteiger charge is 2.29. The predicted molar refractivity (Wildman–Crippen MR) is 63.8 cm³/mol. The number of hydrogen-bond acceptors (Lipinski definition) is 2. The molecular weight excluding hydrogens is 256 g/mol. The minimum absolute atomic E-state index is 0.603. The molecule has 2 atom stereocenters. The van der Waals surface area contributed by atoms with Gasteiger partial charge >= 0.3 is 0 Å². The van der Waals surface area contributed by atoms with E-state index in [9.17, 15) is 0 Å². The Labute approximate surface area is 98.9 Å². The highest BCUT2D eigenvalue weighted by Crippen LogP contribution is 2.41. The van der Waals surface area contributed by atoms with E-state index in [0.717, 1.165) is 12.3 Å². The van der Waals surface area contributed by atoms with E-state index in [1.807, 2.05) is 6.20 Å². The first-order chi connectivity index (χ1) is 7.26. The average Bonchev–Trinajstić information content (AvgIpc) is 2.82. The van der Waals surface area contributed by atoms with Crippen LogP contribution in [0, 0.1) is 0 Å². The lowest BCUT2D eigenvalue weighted by Gasteiger charge is -2.13. The molecule has 84 valence electrons. The Balaban J connectivity index is 2.28. The second-order valence-corrected chi connectivity index (χ2v) is 5.32. The maximum absolute atomic E-state index is 5.38. The van der Waals surface area contributed by atoms with Crippen molar-refractivity contribution in [3.05, 3.63) is 11.9 Å². The summed E-state index contributed by atoms with van der Waals surface area (Å²) in [6.45, 7) is 3.04. The Kier molecular flexibility index (Phi) is 3.34. The average molecular weight is 273 g/mol. The van der Waals surface area contributed by atoms with Gasteiger partial charge in [0.1, 0.15) is 0 Å². The Morgan fingerprint density at radius 1 is 1.60 bits per heavy atom. The smallest absolute Gasteiger partial charge is 0.160 e. The summed E-state index contributed by atoms with van der Waals surface area (Å²) in [5.74, 6) is 1.55. The number of hydrogen-bond donors (Lipinski definition) is 0. The highest BCUT2D eigenvalue weighted by molar-refractivity contribution is 9.09. The van der Waals surface area contributed by atoms with Gasteiger partial charge in [-0.3, -0.25) is 4.68 Å². The zero-order valence-electron chi connectivity index (χ0n) is 9.24. The van der Waals surface area contributed by atoms with Crippen LogP contribution in [0.3, 0.4) is 0 Å². The SMILES string of the molecule is CCn1ncc(OC)c1C1CCC(Br)C1. The van der Waals surface area contributed by atoms with Gasteiger partial charge in [0.2, 0.25) is 0 Å². The number of methoxy groups -OCH3 is 1. The van der Waals surface area contributed by atoms with Crippen LogP contribution in [0.1, 0.15) is 37.8 Å². The lowest BCUT2D eigenvalue weighted by Crippen LogP contribution is -2.07. The second kappa shape index (κ2) is 4.56. The molecule has 0 spiro atoms. The standard InChI is InChI=1S/C11H17BrN2O/c1-3-14-11(10(15-2)7-13-14)8-4-5-9(12)6-8/h7-9H,3-6H2,1-2H3. The van der Waals surface area contributed by atoms with Crippen molar-refractivity contribution in [2.24, 2.45) is 0 Å². The van der Waals surface area contributed by atoms with E-state index in [1.165, 1.54) is 25.0 Å². The van der Waals surface area contributed by atoms with Gasteiger partial charge in [-0.05, 0) is 26.2 Å². The molecule has 2 unspecified atom stereocenters. The summed E-state index contributed by atoms with van der Waals surface area (Å²) in [6, 6.07) is 0. The Morgan fingerprint density at radius 2 is 2.40 bits per heavy atom. The van der Waals surface area contributed by atoms with Gasteiger partial charge in [-0.15, -0.1) is 0 Å². The first-order valence-corrected chi connectivity index (χ1v) is 6.41. The fourth-order valence-electron chi connectivity index (χ4n) is 2.37. The zero-order valence-corrected chi connectivity index (χ0v) is 10.8. The molecule has 1 fully saturated rings. The number of aryl methyl sites for hydroxylation is 1. The van der Waals surface area contributed by atoms with Crippen LogP contribution in [-0.2, 0) is 6.54 Å². The molecule has 1 heterocycles. The van der Waals surface area contributed by atoms with E-state index in [1.54, 1.807) is 7.11 Å². The molecule has 3 nitrogen and oxygen atoms in total. The summed E-state index contributed by atoms with van der Waals surface area (Å²) in [6.07, 6.45) is 5.52. The lowest BCUT2D eigenvalue weighted by atomic mass is 10.0. The van der Waals surface area contributed by atoms with Gasteiger partial charge in [-0.25, -0.2) is 0 Å². The number of ether oxygens (including phenoxy) is 1. The van der Waals surface area contributed by atoms with E-state index in [4.69, 9.17) is 4.74 Å². The topological polar surface area (TPSA) is 27.1 Å². The quantitative estimate of drug-likeness (QED) is 0.792. The first kappa shape index (κ1) is 11.0. The van der Waals surface area contributed by atoms with E-state index in [-0.39, 0.29) is 0 Å². The first-order valence-electron chi connectivity index (χ1n) is 5.50. The highest BCUT2D eigenvalue weighted by atomic mass is 79.9. The van der Waals surface area contributed by atoms with Crippen molar-refractivity contribution in [3.63, 3.8) is 0 Å². The maximum Gasteiger partial charge on any atom is 0.160 e. The van der Waals surface area contributed by atoms with Crippen molar-refractivity contribution in [2.75, 3.05) is 7.11 Å². The molecule has 1 aromatic rings. The van der Waals surface area contributed by atoms with Crippen LogP contribution >= 0.6 is 15.9 Å². The minimum atomic E-state index is 0.603. The van der Waals surface area contributed by atoms with Gasteiger partial charge in [-0.1, -0.05) is 15.9 Å². The van der Waals surface area contributed by atoms with Crippen molar-refractivity contribution in [3.8, 4) is 5.75 Å². The molecular formula is C11H17BrN2O. The van der Waals surface area contributed by atoms with Crippen LogP contribution in [0.2, 0.25) is 0 Å². The van der Waals surface area contributed by atoms with E-state index < -0.39 is 0 Å². The van der Waals surface area contributed by atoms with Gasteiger partial charge < -0.3 is 4.74 Å². The van der Waals surface area contributed by atoms with Gasteiger partial charge in [0, 0.05) is 17.3 Å². The van der Waals surface area contributed by atoms with E-state index in [2.05, 4.69) is 32.6 Å². The molecule has 0 bridgehead atoms. The number of alkyl halides is 1. The maximum atomic E-state index is 5.38. The summed E-state index contributed by atoms with van der Waals surface area (Å²) in [4.78, 5) is 0.660. The predicted octanol–water partition coefficient (Wildman–Crippen LogP) is 2.94. The summed E-state index contributed by atoms with van der Waals surface area (Å²) in [5.41, 5.74) is 1.28. The van der Waals surface area contributed by atoms with Crippen LogP contribution in [0.25, 0.3) is 0 Å². The summed E-state index contributed by atoms with van der Waals surface area (Å²) in [5, 5.41) is 4.35. The molecule has 1 aliphatic carbocycles. The third-order valence-electron chi connectivity index (χ3n) is 3.12. The zero-order chi connectivity index (χ0) is 10.8. The number of rotatable bonds is 3. The van der Waals surface area contributed by atoms with Crippen molar-refractivity contribution < 1.29 is 4.74 Å². The molecule has 4 heteroatoms. The Hall–Kier alpha value is -0.510. The second-order valence-electron chi connectivity index (χ2n) is 4.02. The normalized spacial score (nSPS) is 25.8. The number of nitrogens with zero attached hydrogens (tertiary/aromatic N) is 2. The molecule has 0 aliphatic heterocycles. The van der Waals surface area contributed by atoms with Crippen molar-refractivity contribution in [1.82, 2.24) is 9.78 Å². The van der Waals surface area contributed by atoms with Gasteiger partial charge in [0.25, 0.3) is 0 Å². The van der Waals surface area contributed by atoms with Crippen LogP contribution in [-0.4, -0.2) is 21.7 Å². The molecule has 15 heavy (non-hydrogen) atoms. The van der Waals surface area contributed by atoms with Crippen LogP contribution in [0.5, 0.6) is 5.75 Å². The number of halogens is 1. The molecule has 0 aromatic carbocycles. The molecule has 2 rings (SSSR count). The van der Waals surface area contributed by atoms with Crippen LogP contribution in [0.4, 0.5) is 0 Å². The van der Waals surface area contributed by atoms with Crippen molar-refractivity contribution in [1.29, 1.82) is 0 Å². The van der Waals surface area contributed by atoms with Crippen molar-refractivity contribution >= 4 is 15.9 Å². The summed E-state index contributed by atoms with van der Waals surface area (Å²) < 4.78 is 7.44. The largest absolute Gasteiger partial charge is 0.493 e. The van der Waals surface area contributed by atoms with Crippen LogP contribution in [0.15, 0.2) is 6.20 Å². The fourth-order valence-corrected chi connectivity index (χ4v) is 3.09. The summed E-state index contributed by atoms with van der Waals surface area (Å²) in [7, 11) is 1.72. The molecule has 0 N–H and O–H groups in total. The van der Waals surface area contributed by atoms with E-state index in [0.29, 0.717) is 10.7 Å². The van der Waals surface area contributed by atoms with Gasteiger partial charge in [0.05, 0.1) is 19.0 Å². The van der Waals surface area contributed by atoms with Crippen molar-refractivity contribution in [2.45, 2.75) is 43.5 Å².